The molecule has 0 saturated heterocycles. The van der Waals surface area contributed by atoms with Crippen molar-refractivity contribution in [3.05, 3.63) is 47.0 Å². The lowest BCUT2D eigenvalue weighted by atomic mass is 10.1. The van der Waals surface area contributed by atoms with Gasteiger partial charge >= 0.3 is 0 Å². The van der Waals surface area contributed by atoms with E-state index in [1.807, 2.05) is 0 Å². The van der Waals surface area contributed by atoms with Gasteiger partial charge in [-0.1, -0.05) is 0 Å². The monoisotopic (exact) mass is 145 g/mol. The quantitative estimate of drug-likeness (QED) is 0.563. The van der Waals surface area contributed by atoms with Crippen molar-refractivity contribution in [2.24, 2.45) is 0 Å². The number of hydrogen-bond acceptors (Lipinski definition) is 2. The Labute approximate surface area is 63.4 Å². The van der Waals surface area contributed by atoms with Crippen molar-refractivity contribution in [2.45, 2.75) is 0 Å². The van der Waals surface area contributed by atoms with Crippen LogP contribution in [0.2, 0.25) is 0 Å². The fourth-order valence-electron chi connectivity index (χ4n) is 0.962. The molecule has 11 heavy (non-hydrogen) atoms. The zero-order chi connectivity index (χ0) is 7.68. The van der Waals surface area contributed by atoms with Gasteiger partial charge in [-0.2, -0.15) is 0 Å². The first-order valence-electron chi connectivity index (χ1n) is 3.25. The summed E-state index contributed by atoms with van der Waals surface area (Å²) in [7, 11) is 0. The summed E-state index contributed by atoms with van der Waals surface area (Å²) in [4.78, 5) is 10.8. The lowest BCUT2D eigenvalue weighted by molar-refractivity contribution is 0.551. The van der Waals surface area contributed by atoms with E-state index < -0.39 is 0 Å². The fraction of sp³-hybridized carbons (Fsp3) is 0. The minimum Gasteiger partial charge on any atom is -0.472 e. The van der Waals surface area contributed by atoms with Gasteiger partial charge in [-0.05, 0) is 23.8 Å². The van der Waals surface area contributed by atoms with Crippen LogP contribution in [0, 0.1) is 6.07 Å². The Bertz CT molecular complexity index is 389. The summed E-state index contributed by atoms with van der Waals surface area (Å²) in [5.41, 5.74) is 1.60. The van der Waals surface area contributed by atoms with Crippen LogP contribution in [0.1, 0.15) is 0 Å². The molecule has 1 heterocycles. The highest BCUT2D eigenvalue weighted by molar-refractivity contribution is 5.61. The van der Waals surface area contributed by atoms with Crippen LogP contribution in [-0.4, -0.2) is 0 Å². The van der Waals surface area contributed by atoms with Gasteiger partial charge in [0.2, 0.25) is 0 Å². The van der Waals surface area contributed by atoms with Gasteiger partial charge in [-0.25, -0.2) is 0 Å². The third kappa shape index (κ3) is 1.03. The van der Waals surface area contributed by atoms with E-state index in [-0.39, 0.29) is 5.43 Å². The zero-order valence-electron chi connectivity index (χ0n) is 5.70. The van der Waals surface area contributed by atoms with E-state index in [4.69, 9.17) is 4.42 Å². The van der Waals surface area contributed by atoms with Crippen molar-refractivity contribution in [1.82, 2.24) is 0 Å². The van der Waals surface area contributed by atoms with Crippen molar-refractivity contribution in [3.63, 3.8) is 0 Å². The van der Waals surface area contributed by atoms with Crippen LogP contribution in [-0.2, 0) is 0 Å². The van der Waals surface area contributed by atoms with Gasteiger partial charge in [0, 0.05) is 11.6 Å². The van der Waals surface area contributed by atoms with Gasteiger partial charge in [-0.3, -0.25) is 4.79 Å². The summed E-state index contributed by atoms with van der Waals surface area (Å²) in [5, 5.41) is 0. The maximum absolute atomic E-state index is 10.8. The van der Waals surface area contributed by atoms with Crippen molar-refractivity contribution < 1.29 is 4.42 Å². The zero-order valence-corrected chi connectivity index (χ0v) is 5.70. The minimum atomic E-state index is -0.0938. The Hall–Kier alpha value is -1.57. The van der Waals surface area contributed by atoms with Crippen LogP contribution in [0.3, 0.4) is 0 Å². The highest BCUT2D eigenvalue weighted by Crippen LogP contribution is 2.16. The molecule has 2 heteroatoms. The highest BCUT2D eigenvalue weighted by Gasteiger charge is 1.99. The van der Waals surface area contributed by atoms with E-state index in [9.17, 15) is 4.79 Å². The predicted molar refractivity (Wildman–Crippen MR) is 40.4 cm³/mol. The molecule has 1 aliphatic heterocycles. The summed E-state index contributed by atoms with van der Waals surface area (Å²) in [5.74, 6) is 0. The molecule has 0 aromatic heterocycles. The van der Waals surface area contributed by atoms with E-state index >= 15 is 0 Å². The van der Waals surface area contributed by atoms with Gasteiger partial charge in [-0.15, -0.1) is 0 Å². The number of fused-ring (bicyclic) bond motifs is 1. The Kier molecular flexibility index (Phi) is 1.25. The molecule has 0 unspecified atom stereocenters. The molecule has 2 rings (SSSR count). The Morgan fingerprint density at radius 2 is 2.18 bits per heavy atom. The molecule has 0 spiro atoms. The summed E-state index contributed by atoms with van der Waals surface area (Å²) in [6, 6.07) is 7.58. The first-order valence-corrected chi connectivity index (χ1v) is 3.25. The van der Waals surface area contributed by atoms with Gasteiger partial charge in [0.25, 0.3) is 0 Å². The average molecular weight is 145 g/mol. The molecular weight excluding hydrogens is 140 g/mol. The second-order valence-electron chi connectivity index (χ2n) is 2.25. The molecule has 1 aliphatic carbocycles. The fourth-order valence-corrected chi connectivity index (χ4v) is 0.962. The van der Waals surface area contributed by atoms with Crippen LogP contribution in [0.4, 0.5) is 0 Å². The predicted octanol–water partition coefficient (Wildman–Crippen LogP) is 1.54. The standard InChI is InChI=1S/C9H5O2/c10-9-2-1-8-6-11-4-3-7(8)5-9/h1-4,6H. The van der Waals surface area contributed by atoms with Crippen LogP contribution in [0.15, 0.2) is 39.9 Å². The maximum Gasteiger partial charge on any atom is 0.187 e. The molecule has 0 aromatic carbocycles. The molecule has 0 atom stereocenters. The number of benzene rings is 1. The van der Waals surface area contributed by atoms with E-state index in [0.29, 0.717) is 0 Å². The smallest absolute Gasteiger partial charge is 0.187 e. The largest absolute Gasteiger partial charge is 0.472 e. The van der Waals surface area contributed by atoms with Gasteiger partial charge < -0.3 is 4.42 Å². The van der Waals surface area contributed by atoms with E-state index in [1.54, 1.807) is 18.4 Å². The summed E-state index contributed by atoms with van der Waals surface area (Å²) < 4.78 is 4.91. The summed E-state index contributed by atoms with van der Waals surface area (Å²) in [6.45, 7) is 0. The molecule has 0 aromatic rings. The van der Waals surface area contributed by atoms with Gasteiger partial charge in [0.15, 0.2) is 5.43 Å². The third-order valence-corrected chi connectivity index (χ3v) is 1.49. The molecule has 2 nitrogen and oxygen atoms in total. The maximum atomic E-state index is 10.8. The Balaban J connectivity index is 2.84. The Morgan fingerprint density at radius 1 is 1.27 bits per heavy atom. The normalized spacial score (nSPS) is 10.2. The van der Waals surface area contributed by atoms with Crippen LogP contribution >= 0.6 is 0 Å². The molecule has 0 fully saturated rings. The van der Waals surface area contributed by atoms with Crippen molar-refractivity contribution in [3.8, 4) is 11.1 Å². The highest BCUT2D eigenvalue weighted by atomic mass is 16.3. The Morgan fingerprint density at radius 3 is 3.09 bits per heavy atom. The molecule has 0 saturated carbocycles. The summed E-state index contributed by atoms with van der Waals surface area (Å²) in [6.07, 6.45) is 3.11. The van der Waals surface area contributed by atoms with Gasteiger partial charge in [0.1, 0.15) is 0 Å². The van der Waals surface area contributed by atoms with Crippen molar-refractivity contribution >= 4 is 0 Å². The molecule has 0 amide bonds. The molecule has 0 bridgehead atoms. The van der Waals surface area contributed by atoms with E-state index in [1.165, 1.54) is 12.3 Å². The van der Waals surface area contributed by atoms with Crippen molar-refractivity contribution in [1.29, 1.82) is 0 Å². The molecule has 2 aliphatic rings. The molecule has 1 radical (unpaired) electrons. The van der Waals surface area contributed by atoms with E-state index in [0.717, 1.165) is 11.1 Å². The number of hydrogen-bond donors (Lipinski definition) is 0. The lowest BCUT2D eigenvalue weighted by Crippen LogP contribution is -1.97. The minimum absolute atomic E-state index is 0.0938. The van der Waals surface area contributed by atoms with Crippen molar-refractivity contribution in [2.75, 3.05) is 0 Å². The SMILES string of the molecule is O=c1[c]c2ccocc-2cc1. The van der Waals surface area contributed by atoms with Crippen LogP contribution in [0.5, 0.6) is 0 Å². The average Bonchev–Trinajstić information content (AvgIpc) is 2.04. The molecular formula is C9H5O2. The number of rotatable bonds is 0. The molecule has 53 valence electrons. The van der Waals surface area contributed by atoms with Crippen LogP contribution < -0.4 is 5.43 Å². The molecule has 0 N–H and O–H groups in total. The second-order valence-corrected chi connectivity index (χ2v) is 2.25. The topological polar surface area (TPSA) is 30.2 Å². The second kappa shape index (κ2) is 2.23. The van der Waals surface area contributed by atoms with Gasteiger partial charge in [0.05, 0.1) is 12.5 Å². The van der Waals surface area contributed by atoms with Crippen LogP contribution in [0.25, 0.3) is 11.1 Å². The van der Waals surface area contributed by atoms with E-state index in [2.05, 4.69) is 6.07 Å². The first-order chi connectivity index (χ1) is 5.36. The summed E-state index contributed by atoms with van der Waals surface area (Å²) >= 11 is 0. The lowest BCUT2D eigenvalue weighted by Gasteiger charge is -1.98. The first kappa shape index (κ1) is 6.16. The third-order valence-electron chi connectivity index (χ3n) is 1.49.